The molecule has 0 spiro atoms. The molecule has 0 aromatic rings. The van der Waals surface area contributed by atoms with E-state index >= 15 is 0 Å². The summed E-state index contributed by atoms with van der Waals surface area (Å²) in [6.45, 7) is 9.07. The van der Waals surface area contributed by atoms with Gasteiger partial charge in [-0.25, -0.2) is 0 Å². The molecular weight excluding hydrogens is 256 g/mol. The van der Waals surface area contributed by atoms with Crippen LogP contribution in [0.3, 0.4) is 0 Å². The molecule has 0 saturated carbocycles. The molecule has 4 heteroatoms. The van der Waals surface area contributed by atoms with Crippen LogP contribution in [-0.2, 0) is 18.9 Å². The van der Waals surface area contributed by atoms with Gasteiger partial charge in [-0.1, -0.05) is 0 Å². The molecule has 0 aromatic carbocycles. The number of ether oxygens (including phenoxy) is 4. The van der Waals surface area contributed by atoms with Crippen molar-refractivity contribution in [3.8, 4) is 0 Å². The van der Waals surface area contributed by atoms with Gasteiger partial charge in [0, 0.05) is 19.1 Å². The first-order chi connectivity index (χ1) is 9.74. The van der Waals surface area contributed by atoms with Crippen molar-refractivity contribution in [2.75, 3.05) is 39.6 Å². The number of hydrogen-bond donors (Lipinski definition) is 0. The minimum atomic E-state index is 0.391. The molecular formula is C16H30O4. The van der Waals surface area contributed by atoms with Crippen LogP contribution in [0.15, 0.2) is 0 Å². The second-order valence-electron chi connectivity index (χ2n) is 6.31. The molecule has 4 nitrogen and oxygen atoms in total. The lowest BCUT2D eigenvalue weighted by atomic mass is 9.97. The molecule has 0 aromatic heterocycles. The molecule has 2 fully saturated rings. The maximum absolute atomic E-state index is 5.72. The van der Waals surface area contributed by atoms with Crippen molar-refractivity contribution in [1.82, 2.24) is 0 Å². The molecule has 0 N–H and O–H groups in total. The Morgan fingerprint density at radius 1 is 0.850 bits per heavy atom. The van der Waals surface area contributed by atoms with Crippen molar-refractivity contribution >= 4 is 0 Å². The normalized spacial score (nSPS) is 35.1. The molecule has 118 valence electrons. The smallest absolute Gasteiger partial charge is 0.0700 e. The molecule has 2 aliphatic rings. The molecule has 2 aliphatic heterocycles. The van der Waals surface area contributed by atoms with E-state index in [1.165, 1.54) is 6.42 Å². The summed E-state index contributed by atoms with van der Waals surface area (Å²) in [4.78, 5) is 0. The Labute approximate surface area is 123 Å². The van der Waals surface area contributed by atoms with Crippen molar-refractivity contribution < 1.29 is 18.9 Å². The fourth-order valence-electron chi connectivity index (χ4n) is 2.93. The lowest BCUT2D eigenvalue weighted by molar-refractivity contribution is -0.0505. The molecule has 0 aliphatic carbocycles. The fraction of sp³-hybridized carbons (Fsp3) is 1.00. The zero-order valence-corrected chi connectivity index (χ0v) is 13.0. The minimum absolute atomic E-state index is 0.391. The van der Waals surface area contributed by atoms with Gasteiger partial charge in [0.05, 0.1) is 38.6 Å². The van der Waals surface area contributed by atoms with Crippen LogP contribution < -0.4 is 0 Å². The van der Waals surface area contributed by atoms with Crippen molar-refractivity contribution in [3.05, 3.63) is 0 Å². The lowest BCUT2D eigenvalue weighted by Gasteiger charge is -2.27. The summed E-state index contributed by atoms with van der Waals surface area (Å²) < 4.78 is 22.6. The Kier molecular flexibility index (Phi) is 7.28. The van der Waals surface area contributed by atoms with Gasteiger partial charge in [0.25, 0.3) is 0 Å². The van der Waals surface area contributed by atoms with E-state index in [0.717, 1.165) is 45.7 Å². The van der Waals surface area contributed by atoms with E-state index in [1.54, 1.807) is 0 Å². The molecule has 4 atom stereocenters. The number of rotatable bonds is 7. The molecule has 2 rings (SSSR count). The second kappa shape index (κ2) is 8.98. The van der Waals surface area contributed by atoms with Gasteiger partial charge >= 0.3 is 0 Å². The summed E-state index contributed by atoms with van der Waals surface area (Å²) in [5.74, 6) is 1.23. The SMILES string of the molecule is CC1CCC(COCCOCC2CCOC(C)C2)CO1. The second-order valence-corrected chi connectivity index (χ2v) is 6.31. The van der Waals surface area contributed by atoms with E-state index in [0.29, 0.717) is 37.3 Å². The third kappa shape index (κ3) is 6.08. The van der Waals surface area contributed by atoms with Crippen molar-refractivity contribution in [3.63, 3.8) is 0 Å². The van der Waals surface area contributed by atoms with Crippen molar-refractivity contribution in [1.29, 1.82) is 0 Å². The Bertz CT molecular complexity index is 251. The van der Waals surface area contributed by atoms with E-state index in [1.807, 2.05) is 0 Å². The molecule has 4 unspecified atom stereocenters. The maximum atomic E-state index is 5.72. The van der Waals surface area contributed by atoms with Gasteiger partial charge in [0.15, 0.2) is 0 Å². The molecule has 2 saturated heterocycles. The zero-order chi connectivity index (χ0) is 14.2. The summed E-state index contributed by atoms with van der Waals surface area (Å²) in [5, 5.41) is 0. The molecule has 20 heavy (non-hydrogen) atoms. The maximum Gasteiger partial charge on any atom is 0.0700 e. The minimum Gasteiger partial charge on any atom is -0.379 e. The van der Waals surface area contributed by atoms with E-state index in [4.69, 9.17) is 18.9 Å². The Balaban J connectivity index is 1.42. The first-order valence-electron chi connectivity index (χ1n) is 8.12. The van der Waals surface area contributed by atoms with E-state index in [2.05, 4.69) is 13.8 Å². The van der Waals surface area contributed by atoms with E-state index in [-0.39, 0.29) is 0 Å². The third-order valence-corrected chi connectivity index (χ3v) is 4.27. The largest absolute Gasteiger partial charge is 0.379 e. The van der Waals surface area contributed by atoms with Crippen LogP contribution in [0, 0.1) is 11.8 Å². The summed E-state index contributed by atoms with van der Waals surface area (Å²) in [6, 6.07) is 0. The first-order valence-corrected chi connectivity index (χ1v) is 8.12. The van der Waals surface area contributed by atoms with Crippen molar-refractivity contribution in [2.24, 2.45) is 11.8 Å². The summed E-state index contributed by atoms with van der Waals surface area (Å²) in [7, 11) is 0. The van der Waals surface area contributed by atoms with Gasteiger partial charge in [-0.2, -0.15) is 0 Å². The predicted octanol–water partition coefficient (Wildman–Crippen LogP) is 2.65. The quantitative estimate of drug-likeness (QED) is 0.674. The molecule has 0 bridgehead atoms. The van der Waals surface area contributed by atoms with Crippen LogP contribution >= 0.6 is 0 Å². The fourth-order valence-corrected chi connectivity index (χ4v) is 2.93. The van der Waals surface area contributed by atoms with Crippen LogP contribution in [0.4, 0.5) is 0 Å². The summed E-state index contributed by atoms with van der Waals surface area (Å²) in [6.07, 6.45) is 5.45. The monoisotopic (exact) mass is 286 g/mol. The standard InChI is InChI=1S/C16H30O4/c1-13-3-4-16(12-20-13)11-18-8-7-17-10-15-5-6-19-14(2)9-15/h13-16H,3-12H2,1-2H3. The van der Waals surface area contributed by atoms with Crippen molar-refractivity contribution in [2.45, 2.75) is 51.7 Å². The van der Waals surface area contributed by atoms with Gasteiger partial charge in [-0.15, -0.1) is 0 Å². The van der Waals surface area contributed by atoms with Gasteiger partial charge < -0.3 is 18.9 Å². The third-order valence-electron chi connectivity index (χ3n) is 4.27. The highest BCUT2D eigenvalue weighted by Crippen LogP contribution is 2.20. The molecule has 2 heterocycles. The Morgan fingerprint density at radius 3 is 2.25 bits per heavy atom. The predicted molar refractivity (Wildman–Crippen MR) is 77.9 cm³/mol. The highest BCUT2D eigenvalue weighted by molar-refractivity contribution is 4.68. The zero-order valence-electron chi connectivity index (χ0n) is 13.0. The van der Waals surface area contributed by atoms with E-state index < -0.39 is 0 Å². The highest BCUT2D eigenvalue weighted by Gasteiger charge is 2.20. The average Bonchev–Trinajstić information content (AvgIpc) is 2.45. The molecule has 0 radical (unpaired) electrons. The van der Waals surface area contributed by atoms with Crippen LogP contribution in [0.1, 0.15) is 39.5 Å². The van der Waals surface area contributed by atoms with Crippen LogP contribution in [0.5, 0.6) is 0 Å². The van der Waals surface area contributed by atoms with Crippen LogP contribution in [-0.4, -0.2) is 51.8 Å². The first kappa shape index (κ1) is 16.2. The Hall–Kier alpha value is -0.160. The number of hydrogen-bond acceptors (Lipinski definition) is 4. The van der Waals surface area contributed by atoms with Gasteiger partial charge in [-0.3, -0.25) is 0 Å². The van der Waals surface area contributed by atoms with Gasteiger partial charge in [0.2, 0.25) is 0 Å². The Morgan fingerprint density at radius 2 is 1.60 bits per heavy atom. The molecule has 0 amide bonds. The van der Waals surface area contributed by atoms with Gasteiger partial charge in [-0.05, 0) is 45.4 Å². The highest BCUT2D eigenvalue weighted by atomic mass is 16.5. The average molecular weight is 286 g/mol. The van der Waals surface area contributed by atoms with Crippen LogP contribution in [0.25, 0.3) is 0 Å². The summed E-state index contributed by atoms with van der Waals surface area (Å²) >= 11 is 0. The topological polar surface area (TPSA) is 36.9 Å². The van der Waals surface area contributed by atoms with Crippen LogP contribution in [0.2, 0.25) is 0 Å². The lowest BCUT2D eigenvalue weighted by Crippen LogP contribution is -2.28. The summed E-state index contributed by atoms with van der Waals surface area (Å²) in [5.41, 5.74) is 0. The van der Waals surface area contributed by atoms with E-state index in [9.17, 15) is 0 Å². The van der Waals surface area contributed by atoms with Gasteiger partial charge in [0.1, 0.15) is 0 Å².